The summed E-state index contributed by atoms with van der Waals surface area (Å²) >= 11 is 3.37. The van der Waals surface area contributed by atoms with Crippen molar-refractivity contribution in [3.05, 3.63) is 112 Å². The van der Waals surface area contributed by atoms with Crippen LogP contribution in [-0.2, 0) is 20.9 Å². The van der Waals surface area contributed by atoms with Crippen molar-refractivity contribution >= 4 is 51.9 Å². The Labute approximate surface area is 300 Å². The van der Waals surface area contributed by atoms with Crippen LogP contribution in [0.5, 0.6) is 23.0 Å². The fourth-order valence-corrected chi connectivity index (χ4v) is 6.96. The monoisotopic (exact) mass is 798 g/mol. The van der Waals surface area contributed by atoms with Crippen LogP contribution in [0.25, 0.3) is 6.08 Å². The van der Waals surface area contributed by atoms with Crippen LogP contribution < -0.4 is 33.8 Å². The minimum atomic E-state index is -0.808. The van der Waals surface area contributed by atoms with Crippen LogP contribution in [0.15, 0.2) is 76.2 Å². The molecule has 0 N–H and O–H groups in total. The van der Waals surface area contributed by atoms with Crippen LogP contribution in [0, 0.1) is 3.57 Å². The van der Waals surface area contributed by atoms with E-state index in [0.29, 0.717) is 68.8 Å². The zero-order valence-electron chi connectivity index (χ0n) is 27.6. The number of halogens is 1. The molecule has 0 aliphatic carbocycles. The molecule has 5 rings (SSSR count). The summed E-state index contributed by atoms with van der Waals surface area (Å²) in [7, 11) is 2.84. The van der Waals surface area contributed by atoms with Crippen LogP contribution >= 0.6 is 33.9 Å². The van der Waals surface area contributed by atoms with E-state index in [1.165, 1.54) is 29.2 Å². The number of methoxy groups -OCH3 is 2. The highest BCUT2D eigenvalue weighted by Gasteiger charge is 2.31. The molecule has 4 aromatic rings. The van der Waals surface area contributed by atoms with E-state index in [4.69, 9.17) is 28.4 Å². The minimum absolute atomic E-state index is 0.210. The van der Waals surface area contributed by atoms with Gasteiger partial charge in [0.2, 0.25) is 0 Å². The van der Waals surface area contributed by atoms with Gasteiger partial charge in [-0.3, -0.25) is 9.36 Å². The highest BCUT2D eigenvalue weighted by Crippen LogP contribution is 2.36. The molecule has 2 heterocycles. The lowest BCUT2D eigenvalue weighted by Crippen LogP contribution is -2.39. The first kappa shape index (κ1) is 35.7. The number of benzene rings is 3. The van der Waals surface area contributed by atoms with E-state index in [1.807, 2.05) is 32.0 Å². The number of hydrogen-bond donors (Lipinski definition) is 0. The van der Waals surface area contributed by atoms with Crippen molar-refractivity contribution in [3.8, 4) is 23.0 Å². The van der Waals surface area contributed by atoms with E-state index >= 15 is 0 Å². The maximum Gasteiger partial charge on any atom is 0.338 e. The lowest BCUT2D eigenvalue weighted by Gasteiger charge is -2.23. The number of esters is 2. The number of rotatable bonds is 13. The standard InChI is InChI=1S/C36H35IN2O9S/c1-6-45-27-14-13-24(18-28(27)46-7-2)31-25(35(42)44-5)19-38-36-39(31)33(40)30(49-36)17-22-15-26(37)32(29(16-22)43-4)48-20-21-9-11-23(12-10-21)34(41)47-8-3/h9-19,31H,6-8,20H2,1-5H3/b30-17+/t31-/m1/s1. The summed E-state index contributed by atoms with van der Waals surface area (Å²) in [5, 5.41) is 0. The van der Waals surface area contributed by atoms with E-state index in [9.17, 15) is 14.4 Å². The molecule has 0 amide bonds. The molecule has 1 aliphatic heterocycles. The summed E-state index contributed by atoms with van der Waals surface area (Å²) in [6.07, 6.45) is 3.21. The van der Waals surface area contributed by atoms with Gasteiger partial charge in [0.05, 0.1) is 59.3 Å². The number of ether oxygens (including phenoxy) is 6. The summed E-state index contributed by atoms with van der Waals surface area (Å²) in [6, 6.07) is 15.2. The predicted octanol–water partition coefficient (Wildman–Crippen LogP) is 5.18. The fourth-order valence-electron chi connectivity index (χ4n) is 5.21. The van der Waals surface area contributed by atoms with Crippen molar-refractivity contribution < 1.29 is 38.0 Å². The number of aromatic nitrogens is 1. The van der Waals surface area contributed by atoms with Gasteiger partial charge in [0.1, 0.15) is 6.61 Å². The number of fused-ring (bicyclic) bond motifs is 1. The van der Waals surface area contributed by atoms with E-state index in [2.05, 4.69) is 27.6 Å². The smallest absolute Gasteiger partial charge is 0.338 e. The Balaban J connectivity index is 1.49. The molecule has 0 unspecified atom stereocenters. The second-order valence-electron chi connectivity index (χ2n) is 10.5. The van der Waals surface area contributed by atoms with Gasteiger partial charge in [-0.05, 0) is 103 Å². The van der Waals surface area contributed by atoms with E-state index < -0.39 is 12.0 Å². The van der Waals surface area contributed by atoms with Gasteiger partial charge >= 0.3 is 11.9 Å². The Morgan fingerprint density at radius 2 is 1.63 bits per heavy atom. The molecule has 1 aromatic heterocycles. The molecule has 13 heteroatoms. The SMILES string of the molecule is CCOC(=O)c1ccc(COc2c(I)cc(/C=c3/sc4n(c3=O)[C@H](c3ccc(OCC)c(OCC)c3)C(C(=O)OC)=CN=4)cc2OC)cc1. The summed E-state index contributed by atoms with van der Waals surface area (Å²) in [4.78, 5) is 43.9. The van der Waals surface area contributed by atoms with E-state index in [1.54, 1.807) is 56.5 Å². The quantitative estimate of drug-likeness (QED) is 0.133. The highest BCUT2D eigenvalue weighted by molar-refractivity contribution is 14.1. The topological polar surface area (TPSA) is 124 Å². The largest absolute Gasteiger partial charge is 0.493 e. The van der Waals surface area contributed by atoms with E-state index in [0.717, 1.165) is 9.13 Å². The Hall–Kier alpha value is -4.63. The van der Waals surface area contributed by atoms with Crippen molar-refractivity contribution in [3.63, 3.8) is 0 Å². The molecule has 0 bridgehead atoms. The summed E-state index contributed by atoms with van der Waals surface area (Å²) in [5.41, 5.74) is 2.56. The predicted molar refractivity (Wildman–Crippen MR) is 192 cm³/mol. The maximum absolute atomic E-state index is 14.1. The maximum atomic E-state index is 14.1. The number of thiazole rings is 1. The minimum Gasteiger partial charge on any atom is -0.493 e. The Kier molecular flexibility index (Phi) is 11.8. The molecular weight excluding hydrogens is 763 g/mol. The Morgan fingerprint density at radius 3 is 2.31 bits per heavy atom. The van der Waals surface area contributed by atoms with Gasteiger partial charge in [0.25, 0.3) is 5.56 Å². The van der Waals surface area contributed by atoms with Gasteiger partial charge in [0, 0.05) is 6.20 Å². The molecule has 0 saturated heterocycles. The van der Waals surface area contributed by atoms with Crippen molar-refractivity contribution in [1.29, 1.82) is 0 Å². The average Bonchev–Trinajstić information content (AvgIpc) is 3.42. The third-order valence-corrected chi connectivity index (χ3v) is 9.20. The third kappa shape index (κ3) is 7.83. The number of hydrogen-bond acceptors (Lipinski definition) is 11. The van der Waals surface area contributed by atoms with Gasteiger partial charge < -0.3 is 28.4 Å². The van der Waals surface area contributed by atoms with Gasteiger partial charge in [-0.15, -0.1) is 0 Å². The molecule has 11 nitrogen and oxygen atoms in total. The molecule has 256 valence electrons. The molecule has 0 saturated carbocycles. The van der Waals surface area contributed by atoms with Crippen molar-refractivity contribution in [2.45, 2.75) is 33.4 Å². The molecule has 1 atom stereocenters. The average molecular weight is 799 g/mol. The second kappa shape index (κ2) is 16.2. The Bertz CT molecular complexity index is 2070. The Morgan fingerprint density at radius 1 is 0.898 bits per heavy atom. The lowest BCUT2D eigenvalue weighted by molar-refractivity contribution is -0.136. The molecular formula is C36H35IN2O9S. The molecule has 0 fully saturated rings. The van der Waals surface area contributed by atoms with Gasteiger partial charge in [-0.1, -0.05) is 29.5 Å². The first-order chi connectivity index (χ1) is 23.7. The van der Waals surface area contributed by atoms with Gasteiger partial charge in [-0.25, -0.2) is 14.6 Å². The molecule has 49 heavy (non-hydrogen) atoms. The first-order valence-electron chi connectivity index (χ1n) is 15.5. The molecule has 0 spiro atoms. The molecule has 3 aromatic carbocycles. The molecule has 0 radical (unpaired) electrons. The van der Waals surface area contributed by atoms with E-state index in [-0.39, 0.29) is 23.7 Å². The number of carbonyl (C=O) groups is 2. The first-order valence-corrected chi connectivity index (χ1v) is 17.4. The summed E-state index contributed by atoms with van der Waals surface area (Å²) in [6.45, 7) is 6.92. The molecule has 1 aliphatic rings. The van der Waals surface area contributed by atoms with Crippen molar-refractivity contribution in [1.82, 2.24) is 4.57 Å². The van der Waals surface area contributed by atoms with Gasteiger partial charge in [-0.2, -0.15) is 0 Å². The normalized spacial score (nSPS) is 13.9. The zero-order valence-corrected chi connectivity index (χ0v) is 30.6. The highest BCUT2D eigenvalue weighted by atomic mass is 127. The zero-order chi connectivity index (χ0) is 35.1. The summed E-state index contributed by atoms with van der Waals surface area (Å²) < 4.78 is 36.2. The van der Waals surface area contributed by atoms with Crippen LogP contribution in [0.3, 0.4) is 0 Å². The fraction of sp³-hybridized carbons (Fsp3) is 0.278. The number of carbonyl (C=O) groups excluding carboxylic acids is 2. The summed E-state index contributed by atoms with van der Waals surface area (Å²) in [5.74, 6) is 1.12. The van der Waals surface area contributed by atoms with Crippen molar-refractivity contribution in [2.24, 2.45) is 4.99 Å². The van der Waals surface area contributed by atoms with Crippen LogP contribution in [-0.4, -0.2) is 50.5 Å². The number of nitrogens with zero attached hydrogens (tertiary/aromatic N) is 2. The van der Waals surface area contributed by atoms with Crippen LogP contribution in [0.1, 0.15) is 53.9 Å². The van der Waals surface area contributed by atoms with Gasteiger partial charge in [0.15, 0.2) is 27.8 Å². The lowest BCUT2D eigenvalue weighted by atomic mass is 9.97. The second-order valence-corrected chi connectivity index (χ2v) is 12.7. The third-order valence-electron chi connectivity index (χ3n) is 7.41. The van der Waals surface area contributed by atoms with Crippen LogP contribution in [0.4, 0.5) is 0 Å². The van der Waals surface area contributed by atoms with Crippen molar-refractivity contribution in [2.75, 3.05) is 34.0 Å². The van der Waals surface area contributed by atoms with Crippen LogP contribution in [0.2, 0.25) is 0 Å².